The minimum absolute atomic E-state index is 0.0862. The molecule has 0 saturated carbocycles. The lowest BCUT2D eigenvalue weighted by atomic mass is 10.2. The van der Waals surface area contributed by atoms with Crippen LogP contribution in [-0.2, 0) is 5.92 Å². The number of nitrogens with one attached hydrogen (secondary N) is 1. The van der Waals surface area contributed by atoms with Crippen molar-refractivity contribution in [3.05, 3.63) is 53.7 Å². The fourth-order valence-electron chi connectivity index (χ4n) is 1.51. The van der Waals surface area contributed by atoms with E-state index in [0.29, 0.717) is 5.82 Å². The zero-order valence-corrected chi connectivity index (χ0v) is 13.7. The van der Waals surface area contributed by atoms with Crippen molar-refractivity contribution in [3.8, 4) is 0 Å². The zero-order chi connectivity index (χ0) is 17.2. The fourth-order valence-corrected chi connectivity index (χ4v) is 1.51. The number of benzene rings is 1. The first-order chi connectivity index (χ1) is 10.4. The first kappa shape index (κ1) is 20.0. The van der Waals surface area contributed by atoms with E-state index in [1.807, 2.05) is 45.0 Å². The molecule has 0 atom stereocenters. The topological polar surface area (TPSA) is 45.1 Å². The normalized spacial score (nSPS) is 9.82. The zero-order valence-electron chi connectivity index (χ0n) is 13.7. The Hall–Kier alpha value is -2.01. The van der Waals surface area contributed by atoms with E-state index >= 15 is 0 Å². The van der Waals surface area contributed by atoms with Crippen molar-refractivity contribution in [2.75, 3.05) is 12.4 Å². The van der Waals surface area contributed by atoms with Gasteiger partial charge in [-0.05, 0) is 31.2 Å². The number of aryl methyl sites for hydroxylation is 1. The van der Waals surface area contributed by atoms with Crippen LogP contribution in [0.15, 0.2) is 42.6 Å². The third kappa shape index (κ3) is 6.63. The number of aliphatic hydroxyl groups excluding tert-OH is 1. The molecule has 0 aliphatic heterocycles. The van der Waals surface area contributed by atoms with Gasteiger partial charge in [-0.3, -0.25) is 0 Å². The van der Waals surface area contributed by atoms with Crippen molar-refractivity contribution in [2.45, 2.75) is 33.6 Å². The van der Waals surface area contributed by atoms with Gasteiger partial charge in [0.2, 0.25) is 0 Å². The maximum atomic E-state index is 13.0. The van der Waals surface area contributed by atoms with Gasteiger partial charge in [0.1, 0.15) is 5.82 Å². The lowest BCUT2D eigenvalue weighted by molar-refractivity contribution is 0.0171. The molecule has 2 aromatic rings. The van der Waals surface area contributed by atoms with E-state index < -0.39 is 5.92 Å². The van der Waals surface area contributed by atoms with Crippen LogP contribution in [0.5, 0.6) is 0 Å². The van der Waals surface area contributed by atoms with E-state index in [-0.39, 0.29) is 5.56 Å². The molecule has 0 bridgehead atoms. The van der Waals surface area contributed by atoms with Crippen molar-refractivity contribution in [1.29, 1.82) is 0 Å². The summed E-state index contributed by atoms with van der Waals surface area (Å²) >= 11 is 0. The quantitative estimate of drug-likeness (QED) is 0.849. The lowest BCUT2D eigenvalue weighted by Crippen LogP contribution is -2.07. The maximum absolute atomic E-state index is 13.0. The third-order valence-electron chi connectivity index (χ3n) is 2.59. The smallest absolute Gasteiger partial charge is 0.272 e. The van der Waals surface area contributed by atoms with Gasteiger partial charge in [0, 0.05) is 31.5 Å². The first-order valence-electron chi connectivity index (χ1n) is 7.08. The molecule has 2 N–H and O–H groups in total. The van der Waals surface area contributed by atoms with E-state index in [0.717, 1.165) is 25.3 Å². The van der Waals surface area contributed by atoms with Crippen molar-refractivity contribution in [2.24, 2.45) is 0 Å². The summed E-state index contributed by atoms with van der Waals surface area (Å²) in [5.41, 5.74) is 1.95. The number of alkyl halides is 2. The second-order valence-corrected chi connectivity index (χ2v) is 4.31. The summed E-state index contributed by atoms with van der Waals surface area (Å²) in [7, 11) is 1.00. The van der Waals surface area contributed by atoms with Gasteiger partial charge in [0.25, 0.3) is 5.92 Å². The summed E-state index contributed by atoms with van der Waals surface area (Å²) in [5.74, 6) is -2.30. The number of aliphatic hydroxyl groups is 1. The Morgan fingerprint density at radius 1 is 1.00 bits per heavy atom. The molecule has 1 heterocycles. The van der Waals surface area contributed by atoms with Gasteiger partial charge >= 0.3 is 0 Å². The number of hydrogen-bond donors (Lipinski definition) is 2. The van der Waals surface area contributed by atoms with Gasteiger partial charge in [-0.25, -0.2) is 13.8 Å². The molecule has 5 heteroatoms. The number of halogens is 2. The molecule has 2 rings (SSSR count). The van der Waals surface area contributed by atoms with Gasteiger partial charge in [-0.1, -0.05) is 31.5 Å². The highest BCUT2D eigenvalue weighted by Crippen LogP contribution is 2.27. The van der Waals surface area contributed by atoms with E-state index in [1.165, 1.54) is 12.3 Å². The molecular weight excluding hydrogens is 286 g/mol. The Bertz CT molecular complexity index is 520. The summed E-state index contributed by atoms with van der Waals surface area (Å²) < 4.78 is 26.0. The van der Waals surface area contributed by atoms with Gasteiger partial charge in [-0.15, -0.1) is 0 Å². The summed E-state index contributed by atoms with van der Waals surface area (Å²) in [6.45, 7) is 6.86. The lowest BCUT2D eigenvalue weighted by Gasteiger charge is -2.11. The molecule has 0 amide bonds. The molecular formula is C17H24F2N2O. The molecule has 22 heavy (non-hydrogen) atoms. The Balaban J connectivity index is 0.00000102. The van der Waals surface area contributed by atoms with Crippen molar-refractivity contribution in [3.63, 3.8) is 0 Å². The maximum Gasteiger partial charge on any atom is 0.272 e. The average molecular weight is 310 g/mol. The number of aromatic nitrogens is 1. The monoisotopic (exact) mass is 310 g/mol. The molecule has 1 aromatic carbocycles. The summed E-state index contributed by atoms with van der Waals surface area (Å²) in [4.78, 5) is 3.97. The van der Waals surface area contributed by atoms with Crippen LogP contribution in [0.2, 0.25) is 0 Å². The Morgan fingerprint density at radius 3 is 1.95 bits per heavy atom. The van der Waals surface area contributed by atoms with Crippen LogP contribution in [0.3, 0.4) is 0 Å². The molecule has 0 radical (unpaired) electrons. The predicted molar refractivity (Wildman–Crippen MR) is 87.8 cm³/mol. The Kier molecular flexibility index (Phi) is 8.94. The van der Waals surface area contributed by atoms with Crippen LogP contribution in [0, 0.1) is 6.92 Å². The van der Waals surface area contributed by atoms with Crippen molar-refractivity contribution < 1.29 is 13.9 Å². The molecule has 1 aromatic heterocycles. The second-order valence-electron chi connectivity index (χ2n) is 4.31. The van der Waals surface area contributed by atoms with E-state index in [9.17, 15) is 8.78 Å². The fraction of sp³-hybridized carbons (Fsp3) is 0.353. The molecule has 0 unspecified atom stereocenters. The molecule has 122 valence electrons. The average Bonchev–Trinajstić information content (AvgIpc) is 2.53. The largest absolute Gasteiger partial charge is 0.400 e. The molecule has 0 aliphatic rings. The van der Waals surface area contributed by atoms with Gasteiger partial charge in [0.15, 0.2) is 0 Å². The second kappa shape index (κ2) is 9.84. The number of nitrogens with zero attached hydrogens (tertiary/aromatic N) is 1. The van der Waals surface area contributed by atoms with E-state index in [2.05, 4.69) is 10.3 Å². The molecule has 0 fully saturated rings. The number of hydrogen-bond acceptors (Lipinski definition) is 3. The van der Waals surface area contributed by atoms with Crippen molar-refractivity contribution in [1.82, 2.24) is 4.98 Å². The van der Waals surface area contributed by atoms with Crippen LogP contribution in [0.1, 0.15) is 31.9 Å². The van der Waals surface area contributed by atoms with Crippen LogP contribution < -0.4 is 5.32 Å². The van der Waals surface area contributed by atoms with Gasteiger partial charge in [0.05, 0.1) is 0 Å². The minimum atomic E-state index is -2.85. The SMILES string of the molecule is CC.CO.Cc1ccc(Nc2ccc(C(C)(F)F)cn2)cc1. The predicted octanol–water partition coefficient (Wildman–Crippen LogP) is 4.88. The van der Waals surface area contributed by atoms with E-state index in [4.69, 9.17) is 5.11 Å². The standard InChI is InChI=1S/C14H14F2N2.C2H6.CH4O/c1-10-3-6-12(7-4-10)18-13-8-5-11(9-17-13)14(2,15)16;2*1-2/h3-9H,1-2H3,(H,17,18);1-2H3;2H,1H3. The molecule has 0 spiro atoms. The Morgan fingerprint density at radius 2 is 1.55 bits per heavy atom. The summed E-state index contributed by atoms with van der Waals surface area (Å²) in [6, 6.07) is 10.7. The van der Waals surface area contributed by atoms with Gasteiger partial charge < -0.3 is 10.4 Å². The summed E-state index contributed by atoms with van der Waals surface area (Å²) in [5, 5.41) is 10.1. The van der Waals surface area contributed by atoms with Crippen LogP contribution in [-0.4, -0.2) is 17.2 Å². The highest BCUT2D eigenvalue weighted by Gasteiger charge is 2.24. The Labute approximate surface area is 131 Å². The molecule has 0 saturated heterocycles. The highest BCUT2D eigenvalue weighted by molar-refractivity contribution is 5.56. The number of anilines is 2. The first-order valence-corrected chi connectivity index (χ1v) is 7.08. The van der Waals surface area contributed by atoms with Crippen LogP contribution >= 0.6 is 0 Å². The van der Waals surface area contributed by atoms with E-state index in [1.54, 1.807) is 6.07 Å². The van der Waals surface area contributed by atoms with Crippen LogP contribution in [0.4, 0.5) is 20.3 Å². The van der Waals surface area contributed by atoms with Crippen LogP contribution in [0.25, 0.3) is 0 Å². The highest BCUT2D eigenvalue weighted by atomic mass is 19.3. The van der Waals surface area contributed by atoms with Gasteiger partial charge in [-0.2, -0.15) is 0 Å². The number of rotatable bonds is 3. The van der Waals surface area contributed by atoms with Crippen molar-refractivity contribution >= 4 is 11.5 Å². The molecule has 0 aliphatic carbocycles. The number of pyridine rings is 1. The minimum Gasteiger partial charge on any atom is -0.400 e. The third-order valence-corrected chi connectivity index (χ3v) is 2.59. The molecule has 3 nitrogen and oxygen atoms in total. The summed E-state index contributed by atoms with van der Waals surface area (Å²) in [6.07, 6.45) is 1.19.